The van der Waals surface area contributed by atoms with Crippen molar-refractivity contribution in [2.45, 2.75) is 58.0 Å². The number of rotatable bonds is 2. The van der Waals surface area contributed by atoms with Crippen LogP contribution in [0.15, 0.2) is 0 Å². The van der Waals surface area contributed by atoms with E-state index in [0.717, 1.165) is 36.2 Å². The Bertz CT molecular complexity index is 471. The molecule has 1 heterocycles. The largest absolute Gasteiger partial charge is 0.480 e. The van der Waals surface area contributed by atoms with Crippen molar-refractivity contribution in [2.24, 2.45) is 5.73 Å². The molecule has 0 saturated heterocycles. The quantitative estimate of drug-likeness (QED) is 0.836. The van der Waals surface area contributed by atoms with Crippen LogP contribution in [0.3, 0.4) is 0 Å². The summed E-state index contributed by atoms with van der Waals surface area (Å²) >= 11 is 0. The lowest BCUT2D eigenvalue weighted by atomic mass is 9.82. The number of aromatic nitrogens is 2. The second-order valence-corrected chi connectivity index (χ2v) is 6.01. The van der Waals surface area contributed by atoms with Crippen LogP contribution in [0.25, 0.3) is 0 Å². The molecule has 2 rings (SSSR count). The molecule has 0 aromatic carbocycles. The summed E-state index contributed by atoms with van der Waals surface area (Å²) in [4.78, 5) is 10.9. The summed E-state index contributed by atoms with van der Waals surface area (Å²) < 4.78 is 1.62. The van der Waals surface area contributed by atoms with Gasteiger partial charge in [-0.1, -0.05) is 20.8 Å². The summed E-state index contributed by atoms with van der Waals surface area (Å²) in [6.45, 7) is 6.18. The molecule has 0 aliphatic heterocycles. The first-order valence-corrected chi connectivity index (χ1v) is 6.38. The molecule has 0 spiro atoms. The molecule has 3 N–H and O–H groups in total. The van der Waals surface area contributed by atoms with Crippen molar-refractivity contribution in [1.82, 2.24) is 9.78 Å². The molecule has 1 aromatic rings. The Morgan fingerprint density at radius 3 is 2.78 bits per heavy atom. The lowest BCUT2D eigenvalue weighted by Gasteiger charge is -2.24. The molecule has 0 amide bonds. The van der Waals surface area contributed by atoms with Crippen molar-refractivity contribution in [1.29, 1.82) is 0 Å². The lowest BCUT2D eigenvalue weighted by Crippen LogP contribution is -2.23. The summed E-state index contributed by atoms with van der Waals surface area (Å²) in [7, 11) is 0. The Kier molecular flexibility index (Phi) is 3.19. The van der Waals surface area contributed by atoms with Gasteiger partial charge in [0.1, 0.15) is 6.54 Å². The molecule has 1 aromatic heterocycles. The van der Waals surface area contributed by atoms with E-state index < -0.39 is 5.97 Å². The smallest absolute Gasteiger partial charge is 0.325 e. The van der Waals surface area contributed by atoms with E-state index in [1.165, 1.54) is 0 Å². The third-order valence-corrected chi connectivity index (χ3v) is 3.39. The van der Waals surface area contributed by atoms with Gasteiger partial charge in [-0.2, -0.15) is 5.10 Å². The molecule has 5 nitrogen and oxygen atoms in total. The van der Waals surface area contributed by atoms with Gasteiger partial charge in [-0.25, -0.2) is 0 Å². The number of hydrogen-bond donors (Lipinski definition) is 2. The topological polar surface area (TPSA) is 81.1 Å². The Hall–Kier alpha value is -1.36. The second kappa shape index (κ2) is 4.39. The monoisotopic (exact) mass is 251 g/mol. The molecule has 0 saturated carbocycles. The maximum absolute atomic E-state index is 10.9. The van der Waals surface area contributed by atoms with Gasteiger partial charge in [0.15, 0.2) is 0 Å². The number of carboxylic acids is 1. The highest BCUT2D eigenvalue weighted by Crippen LogP contribution is 2.36. The molecule has 0 fully saturated rings. The molecule has 5 heteroatoms. The molecule has 1 atom stereocenters. The molecule has 0 bridgehead atoms. The van der Waals surface area contributed by atoms with Crippen molar-refractivity contribution in [2.75, 3.05) is 0 Å². The number of hydrogen-bond acceptors (Lipinski definition) is 3. The van der Waals surface area contributed by atoms with Crippen LogP contribution in [-0.4, -0.2) is 20.9 Å². The molecular formula is C13H21N3O2. The van der Waals surface area contributed by atoms with Crippen molar-refractivity contribution in [3.63, 3.8) is 0 Å². The van der Waals surface area contributed by atoms with Crippen LogP contribution in [0.4, 0.5) is 0 Å². The zero-order valence-corrected chi connectivity index (χ0v) is 11.2. The average molecular weight is 251 g/mol. The predicted molar refractivity (Wildman–Crippen MR) is 68.4 cm³/mol. The van der Waals surface area contributed by atoms with Crippen LogP contribution in [0.5, 0.6) is 0 Å². The maximum atomic E-state index is 10.9. The third-order valence-electron chi connectivity index (χ3n) is 3.39. The standard InChI is InChI=1S/C13H21N3O2/c1-13(2,3)12-11-8(14)5-4-6-9(11)16(15-12)7-10(17)18/h8H,4-7,14H2,1-3H3,(H,17,18). The fourth-order valence-electron chi connectivity index (χ4n) is 2.61. The molecule has 100 valence electrons. The molecule has 1 aliphatic carbocycles. The van der Waals surface area contributed by atoms with E-state index in [-0.39, 0.29) is 18.0 Å². The van der Waals surface area contributed by atoms with Crippen LogP contribution in [0.1, 0.15) is 56.6 Å². The summed E-state index contributed by atoms with van der Waals surface area (Å²) in [6.07, 6.45) is 2.83. The third kappa shape index (κ3) is 2.27. The number of nitrogens with two attached hydrogens (primary N) is 1. The summed E-state index contributed by atoms with van der Waals surface area (Å²) in [5.41, 5.74) is 9.12. The Morgan fingerprint density at radius 2 is 2.22 bits per heavy atom. The van der Waals surface area contributed by atoms with Crippen molar-refractivity contribution < 1.29 is 9.90 Å². The first-order chi connectivity index (χ1) is 8.30. The van der Waals surface area contributed by atoms with Gasteiger partial charge >= 0.3 is 5.97 Å². The summed E-state index contributed by atoms with van der Waals surface area (Å²) in [6, 6.07) is -0.00878. The fourth-order valence-corrected chi connectivity index (χ4v) is 2.61. The van der Waals surface area contributed by atoms with E-state index in [1.807, 2.05) is 0 Å². The van der Waals surface area contributed by atoms with Crippen LogP contribution in [0, 0.1) is 0 Å². The van der Waals surface area contributed by atoms with E-state index in [1.54, 1.807) is 4.68 Å². The van der Waals surface area contributed by atoms with E-state index in [4.69, 9.17) is 10.8 Å². The van der Waals surface area contributed by atoms with E-state index in [0.29, 0.717) is 0 Å². The molecule has 1 aliphatic rings. The van der Waals surface area contributed by atoms with Crippen molar-refractivity contribution in [3.05, 3.63) is 17.0 Å². The van der Waals surface area contributed by atoms with Gasteiger partial charge in [0, 0.05) is 22.7 Å². The highest BCUT2D eigenvalue weighted by molar-refractivity contribution is 5.66. The normalized spacial score (nSPS) is 19.7. The zero-order valence-electron chi connectivity index (χ0n) is 11.2. The molecule has 18 heavy (non-hydrogen) atoms. The zero-order chi connectivity index (χ0) is 13.5. The Labute approximate surface area is 107 Å². The van der Waals surface area contributed by atoms with Crippen molar-refractivity contribution in [3.8, 4) is 0 Å². The predicted octanol–water partition coefficient (Wildman–Crippen LogP) is 1.60. The van der Waals surface area contributed by atoms with E-state index >= 15 is 0 Å². The minimum Gasteiger partial charge on any atom is -0.480 e. The number of nitrogens with zero attached hydrogens (tertiary/aromatic N) is 2. The van der Waals surface area contributed by atoms with E-state index in [9.17, 15) is 4.79 Å². The number of fused-ring (bicyclic) bond motifs is 1. The fraction of sp³-hybridized carbons (Fsp3) is 0.692. The van der Waals surface area contributed by atoms with E-state index in [2.05, 4.69) is 25.9 Å². The number of carboxylic acid groups (broad SMARTS) is 1. The van der Waals surface area contributed by atoms with Gasteiger partial charge in [-0.05, 0) is 19.3 Å². The van der Waals surface area contributed by atoms with Crippen molar-refractivity contribution >= 4 is 5.97 Å². The van der Waals surface area contributed by atoms with Crippen LogP contribution < -0.4 is 5.73 Å². The Balaban J connectivity index is 2.54. The highest BCUT2D eigenvalue weighted by Gasteiger charge is 2.32. The number of carbonyl (C=O) groups is 1. The summed E-state index contributed by atoms with van der Waals surface area (Å²) in [5, 5.41) is 13.5. The summed E-state index contributed by atoms with van der Waals surface area (Å²) in [5.74, 6) is -0.861. The Morgan fingerprint density at radius 1 is 1.56 bits per heavy atom. The average Bonchev–Trinajstić information content (AvgIpc) is 2.57. The van der Waals surface area contributed by atoms with Gasteiger partial charge in [0.05, 0.1) is 5.69 Å². The van der Waals surface area contributed by atoms with Gasteiger partial charge in [0.2, 0.25) is 0 Å². The SMILES string of the molecule is CC(C)(C)c1nn(CC(=O)O)c2c1C(N)CCC2. The minimum absolute atomic E-state index is 0.00878. The van der Waals surface area contributed by atoms with Gasteiger partial charge in [-0.15, -0.1) is 0 Å². The second-order valence-electron chi connectivity index (χ2n) is 6.01. The molecule has 0 radical (unpaired) electrons. The number of aliphatic carboxylic acids is 1. The lowest BCUT2D eigenvalue weighted by molar-refractivity contribution is -0.137. The first kappa shape index (κ1) is 13.1. The van der Waals surface area contributed by atoms with Gasteiger partial charge < -0.3 is 10.8 Å². The first-order valence-electron chi connectivity index (χ1n) is 6.38. The maximum Gasteiger partial charge on any atom is 0.325 e. The molecular weight excluding hydrogens is 230 g/mol. The van der Waals surface area contributed by atoms with Gasteiger partial charge in [0.25, 0.3) is 0 Å². The van der Waals surface area contributed by atoms with Crippen LogP contribution >= 0.6 is 0 Å². The molecule has 1 unspecified atom stereocenters. The van der Waals surface area contributed by atoms with Crippen LogP contribution in [-0.2, 0) is 23.2 Å². The van der Waals surface area contributed by atoms with Gasteiger partial charge in [-0.3, -0.25) is 9.48 Å². The van der Waals surface area contributed by atoms with Crippen LogP contribution in [0.2, 0.25) is 0 Å². The highest BCUT2D eigenvalue weighted by atomic mass is 16.4. The minimum atomic E-state index is -0.861.